The minimum Gasteiger partial charge on any atom is -0.508 e. The van der Waals surface area contributed by atoms with Gasteiger partial charge in [0.1, 0.15) is 17.8 Å². The summed E-state index contributed by atoms with van der Waals surface area (Å²) in [7, 11) is 1.34. The first-order chi connectivity index (χ1) is 9.69. The second-order valence-corrected chi connectivity index (χ2v) is 4.39. The first-order valence-electron chi connectivity index (χ1n) is 6.33. The maximum Gasteiger partial charge on any atom is 0.341 e. The van der Waals surface area contributed by atoms with Crippen molar-refractivity contribution in [1.29, 1.82) is 0 Å². The molecule has 0 aliphatic carbocycles. The van der Waals surface area contributed by atoms with Gasteiger partial charge in [0.15, 0.2) is 0 Å². The molecule has 2 N–H and O–H groups in total. The van der Waals surface area contributed by atoms with Crippen molar-refractivity contribution in [3.8, 4) is 5.75 Å². The van der Waals surface area contributed by atoms with E-state index in [0.717, 1.165) is 18.5 Å². The molecule has 1 aromatic heterocycles. The van der Waals surface area contributed by atoms with E-state index >= 15 is 0 Å². The van der Waals surface area contributed by atoms with Crippen LogP contribution < -0.4 is 5.32 Å². The number of furan rings is 1. The van der Waals surface area contributed by atoms with Crippen LogP contribution in [0, 0.1) is 0 Å². The second kappa shape index (κ2) is 6.77. The monoisotopic (exact) mass is 275 g/mol. The van der Waals surface area contributed by atoms with Crippen LogP contribution in [0.2, 0.25) is 0 Å². The van der Waals surface area contributed by atoms with Crippen LogP contribution in [0.15, 0.2) is 41.0 Å². The van der Waals surface area contributed by atoms with Gasteiger partial charge in [-0.3, -0.25) is 0 Å². The molecule has 0 radical (unpaired) electrons. The highest BCUT2D eigenvalue weighted by Gasteiger charge is 2.09. The van der Waals surface area contributed by atoms with Crippen LogP contribution in [0.1, 0.15) is 21.7 Å². The molecule has 0 aliphatic rings. The summed E-state index contributed by atoms with van der Waals surface area (Å²) in [6, 6.07) is 8.78. The van der Waals surface area contributed by atoms with E-state index in [-0.39, 0.29) is 5.75 Å². The van der Waals surface area contributed by atoms with Crippen LogP contribution in [0.25, 0.3) is 0 Å². The number of aromatic hydroxyl groups is 1. The summed E-state index contributed by atoms with van der Waals surface area (Å²) in [5.74, 6) is 0.563. The maximum atomic E-state index is 11.2. The van der Waals surface area contributed by atoms with Crippen molar-refractivity contribution in [2.24, 2.45) is 0 Å². The number of rotatable bonds is 6. The minimum atomic E-state index is -0.399. The van der Waals surface area contributed by atoms with Crippen LogP contribution in [0.5, 0.6) is 5.75 Å². The van der Waals surface area contributed by atoms with Gasteiger partial charge in [0.25, 0.3) is 0 Å². The fourth-order valence-corrected chi connectivity index (χ4v) is 1.81. The van der Waals surface area contributed by atoms with Crippen molar-refractivity contribution >= 4 is 5.97 Å². The lowest BCUT2D eigenvalue weighted by atomic mass is 10.1. The molecule has 0 saturated heterocycles. The normalized spacial score (nSPS) is 10.4. The number of nitrogens with one attached hydrogen (secondary N) is 1. The third kappa shape index (κ3) is 3.86. The fraction of sp³-hybridized carbons (Fsp3) is 0.267. The Bertz CT molecular complexity index is 560. The highest BCUT2D eigenvalue weighted by molar-refractivity contribution is 5.88. The van der Waals surface area contributed by atoms with Crippen molar-refractivity contribution in [2.45, 2.75) is 13.0 Å². The fourth-order valence-electron chi connectivity index (χ4n) is 1.81. The van der Waals surface area contributed by atoms with Crippen LogP contribution >= 0.6 is 0 Å². The highest BCUT2D eigenvalue weighted by Crippen LogP contribution is 2.10. The summed E-state index contributed by atoms with van der Waals surface area (Å²) < 4.78 is 9.86. The summed E-state index contributed by atoms with van der Waals surface area (Å²) in [5, 5.41) is 12.4. The lowest BCUT2D eigenvalue weighted by Crippen LogP contribution is -2.16. The van der Waals surface area contributed by atoms with Crippen molar-refractivity contribution in [3.63, 3.8) is 0 Å². The van der Waals surface area contributed by atoms with Gasteiger partial charge in [0.05, 0.1) is 19.2 Å². The van der Waals surface area contributed by atoms with Gasteiger partial charge in [0.2, 0.25) is 0 Å². The minimum absolute atomic E-state index is 0.271. The summed E-state index contributed by atoms with van der Waals surface area (Å²) in [6.45, 7) is 1.33. The molecule has 2 aromatic rings. The largest absolute Gasteiger partial charge is 0.508 e. The van der Waals surface area contributed by atoms with E-state index in [4.69, 9.17) is 4.42 Å². The summed E-state index contributed by atoms with van der Waals surface area (Å²) in [6.07, 6.45) is 2.24. The first-order valence-corrected chi connectivity index (χ1v) is 6.33. The Morgan fingerprint density at radius 1 is 1.35 bits per heavy atom. The van der Waals surface area contributed by atoms with E-state index in [1.807, 2.05) is 12.1 Å². The van der Waals surface area contributed by atoms with Crippen LogP contribution in [-0.2, 0) is 17.7 Å². The number of esters is 1. The summed E-state index contributed by atoms with van der Waals surface area (Å²) in [4.78, 5) is 11.2. The van der Waals surface area contributed by atoms with E-state index in [1.165, 1.54) is 13.4 Å². The molecule has 20 heavy (non-hydrogen) atoms. The van der Waals surface area contributed by atoms with Crippen LogP contribution in [0.3, 0.4) is 0 Å². The topological polar surface area (TPSA) is 71.7 Å². The molecule has 106 valence electrons. The smallest absolute Gasteiger partial charge is 0.341 e. The SMILES string of the molecule is COC(=O)c1coc(CNCCc2ccc(O)cc2)c1. The quantitative estimate of drug-likeness (QED) is 0.624. The van der Waals surface area contributed by atoms with E-state index < -0.39 is 5.97 Å². The number of phenols is 1. The molecule has 1 heterocycles. The predicted molar refractivity (Wildman–Crippen MR) is 73.6 cm³/mol. The number of methoxy groups -OCH3 is 1. The molecule has 0 bridgehead atoms. The zero-order valence-electron chi connectivity index (χ0n) is 11.3. The highest BCUT2D eigenvalue weighted by atomic mass is 16.5. The van der Waals surface area contributed by atoms with Gasteiger partial charge in [-0.2, -0.15) is 0 Å². The Kier molecular flexibility index (Phi) is 4.79. The third-order valence-electron chi connectivity index (χ3n) is 2.90. The van der Waals surface area contributed by atoms with Gasteiger partial charge in [-0.15, -0.1) is 0 Å². The van der Waals surface area contributed by atoms with E-state index in [2.05, 4.69) is 10.1 Å². The van der Waals surface area contributed by atoms with Crippen molar-refractivity contribution in [3.05, 3.63) is 53.5 Å². The summed E-state index contributed by atoms with van der Waals surface area (Å²) in [5.41, 5.74) is 1.56. The Morgan fingerprint density at radius 2 is 2.10 bits per heavy atom. The molecule has 5 heteroatoms. The first kappa shape index (κ1) is 14.1. The molecule has 0 spiro atoms. The molecular weight excluding hydrogens is 258 g/mol. The van der Waals surface area contributed by atoms with E-state index in [0.29, 0.717) is 17.9 Å². The molecule has 0 fully saturated rings. The lowest BCUT2D eigenvalue weighted by Gasteiger charge is -2.03. The number of hydrogen-bond donors (Lipinski definition) is 2. The zero-order chi connectivity index (χ0) is 14.4. The number of ether oxygens (including phenoxy) is 1. The van der Waals surface area contributed by atoms with Crippen LogP contribution in [0.4, 0.5) is 0 Å². The molecule has 1 aromatic carbocycles. The standard InChI is InChI=1S/C15H17NO4/c1-19-15(18)12-8-14(20-10-12)9-16-7-6-11-2-4-13(17)5-3-11/h2-5,8,10,16-17H,6-7,9H2,1H3. The van der Waals surface area contributed by atoms with Crippen molar-refractivity contribution in [1.82, 2.24) is 5.32 Å². The average Bonchev–Trinajstić information content (AvgIpc) is 2.93. The second-order valence-electron chi connectivity index (χ2n) is 4.39. The summed E-state index contributed by atoms with van der Waals surface area (Å²) >= 11 is 0. The van der Waals surface area contributed by atoms with Gasteiger partial charge < -0.3 is 19.6 Å². The molecule has 0 aliphatic heterocycles. The van der Waals surface area contributed by atoms with Gasteiger partial charge in [-0.25, -0.2) is 4.79 Å². The Hall–Kier alpha value is -2.27. The number of hydrogen-bond acceptors (Lipinski definition) is 5. The third-order valence-corrected chi connectivity index (χ3v) is 2.90. The van der Waals surface area contributed by atoms with E-state index in [9.17, 15) is 9.90 Å². The van der Waals surface area contributed by atoms with Crippen LogP contribution in [-0.4, -0.2) is 24.7 Å². The number of carbonyl (C=O) groups excluding carboxylic acids is 1. The molecule has 0 unspecified atom stereocenters. The predicted octanol–water partition coefficient (Wildman–Crippen LogP) is 2.10. The molecule has 0 amide bonds. The Morgan fingerprint density at radius 3 is 2.80 bits per heavy atom. The lowest BCUT2D eigenvalue weighted by molar-refractivity contribution is 0.0600. The number of carbonyl (C=O) groups is 1. The molecule has 2 rings (SSSR count). The zero-order valence-corrected chi connectivity index (χ0v) is 11.3. The Labute approximate surface area is 117 Å². The maximum absolute atomic E-state index is 11.2. The Balaban J connectivity index is 1.74. The van der Waals surface area contributed by atoms with E-state index in [1.54, 1.807) is 18.2 Å². The number of benzene rings is 1. The average molecular weight is 275 g/mol. The molecule has 0 saturated carbocycles. The van der Waals surface area contributed by atoms with Crippen molar-refractivity contribution in [2.75, 3.05) is 13.7 Å². The van der Waals surface area contributed by atoms with Gasteiger partial charge >= 0.3 is 5.97 Å². The van der Waals surface area contributed by atoms with Gasteiger partial charge in [-0.05, 0) is 36.7 Å². The molecule has 5 nitrogen and oxygen atoms in total. The van der Waals surface area contributed by atoms with Crippen molar-refractivity contribution < 1.29 is 19.1 Å². The van der Waals surface area contributed by atoms with Gasteiger partial charge in [-0.1, -0.05) is 12.1 Å². The number of phenolic OH excluding ortho intramolecular Hbond substituents is 1. The molecule has 0 atom stereocenters. The van der Waals surface area contributed by atoms with Gasteiger partial charge in [0, 0.05) is 0 Å². The molecular formula is C15H17NO4.